The number of ether oxygens (including phenoxy) is 5. The molecule has 0 aromatic carbocycles. The van der Waals surface area contributed by atoms with Crippen LogP contribution in [0.5, 0.6) is 0 Å². The van der Waals surface area contributed by atoms with Crippen LogP contribution in [0.3, 0.4) is 0 Å². The van der Waals surface area contributed by atoms with E-state index in [1.165, 1.54) is 7.11 Å². The van der Waals surface area contributed by atoms with Gasteiger partial charge in [0.1, 0.15) is 0 Å². The summed E-state index contributed by atoms with van der Waals surface area (Å²) >= 11 is 0. The number of carbonyl (C=O) groups is 1. The number of hydrogen-bond acceptors (Lipinski definition) is 7. The van der Waals surface area contributed by atoms with Gasteiger partial charge in [0.25, 0.3) is 0 Å². The van der Waals surface area contributed by atoms with Gasteiger partial charge in [-0.25, -0.2) is 0 Å². The second kappa shape index (κ2) is 18.7. The minimum absolute atomic E-state index is 0.0366. The van der Waals surface area contributed by atoms with Gasteiger partial charge in [0.2, 0.25) is 0 Å². The predicted molar refractivity (Wildman–Crippen MR) is 155 cm³/mol. The van der Waals surface area contributed by atoms with Crippen molar-refractivity contribution in [3.05, 3.63) is 24.3 Å². The topological polar surface area (TPSA) is 83.5 Å². The normalized spacial score (nSPS) is 30.7. The van der Waals surface area contributed by atoms with Gasteiger partial charge in [-0.2, -0.15) is 0 Å². The Labute approximate surface area is 242 Å². The van der Waals surface area contributed by atoms with Crippen LogP contribution in [0.15, 0.2) is 24.3 Å². The van der Waals surface area contributed by atoms with Crippen LogP contribution < -0.4 is 0 Å². The van der Waals surface area contributed by atoms with Crippen LogP contribution in [0.4, 0.5) is 0 Å². The van der Waals surface area contributed by atoms with Crippen molar-refractivity contribution in [2.24, 2.45) is 17.8 Å². The van der Waals surface area contributed by atoms with Gasteiger partial charge < -0.3 is 28.8 Å². The third-order valence-electron chi connectivity index (χ3n) is 8.34. The number of unbranched alkanes of at least 4 members (excludes halogenated alkanes) is 1. The molecule has 0 aromatic rings. The molecule has 7 nitrogen and oxygen atoms in total. The molecule has 8 atom stereocenters. The lowest BCUT2D eigenvalue weighted by Gasteiger charge is -2.31. The summed E-state index contributed by atoms with van der Waals surface area (Å²) in [6, 6.07) is 0. The molecule has 0 spiro atoms. The number of aliphatic hydroxyl groups is 1. The molecule has 0 amide bonds. The maximum absolute atomic E-state index is 11.4. The second-order valence-electron chi connectivity index (χ2n) is 11.4. The van der Waals surface area contributed by atoms with Crippen LogP contribution in [0, 0.1) is 29.6 Å². The van der Waals surface area contributed by atoms with Crippen molar-refractivity contribution < 1.29 is 33.6 Å². The number of carbonyl (C=O) groups excluding carboxylic acids is 1. The van der Waals surface area contributed by atoms with Gasteiger partial charge >= 0.3 is 5.97 Å². The van der Waals surface area contributed by atoms with E-state index >= 15 is 0 Å². The van der Waals surface area contributed by atoms with Gasteiger partial charge in [0.15, 0.2) is 12.6 Å². The Bertz CT molecular complexity index is 831. The zero-order chi connectivity index (χ0) is 28.6. The Morgan fingerprint density at radius 3 is 2.52 bits per heavy atom. The Balaban J connectivity index is 1.71. The lowest BCUT2D eigenvalue weighted by molar-refractivity contribution is -0.193. The second-order valence-corrected chi connectivity index (χ2v) is 11.4. The summed E-state index contributed by atoms with van der Waals surface area (Å²) in [6.45, 7) is 5.57. The quantitative estimate of drug-likeness (QED) is 0.112. The molecule has 1 N–H and O–H groups in total. The Kier molecular flexibility index (Phi) is 15.3. The maximum Gasteiger partial charge on any atom is 0.305 e. The van der Waals surface area contributed by atoms with Crippen molar-refractivity contribution in [2.75, 3.05) is 20.3 Å². The Hall–Kier alpha value is -1.69. The molecular weight excluding hydrogens is 508 g/mol. The van der Waals surface area contributed by atoms with Crippen molar-refractivity contribution in [2.45, 2.75) is 128 Å². The van der Waals surface area contributed by atoms with E-state index in [2.05, 4.69) is 43.1 Å². The van der Waals surface area contributed by atoms with Gasteiger partial charge in [0.05, 0.1) is 25.4 Å². The molecule has 0 aromatic heterocycles. The van der Waals surface area contributed by atoms with Crippen LogP contribution in [-0.4, -0.2) is 62.3 Å². The Morgan fingerprint density at radius 2 is 1.85 bits per heavy atom. The first-order valence-electron chi connectivity index (χ1n) is 15.5. The van der Waals surface area contributed by atoms with E-state index in [1.807, 2.05) is 6.92 Å². The van der Waals surface area contributed by atoms with Crippen LogP contribution in [0.25, 0.3) is 0 Å². The number of methoxy groups -OCH3 is 1. The molecule has 3 unspecified atom stereocenters. The monoisotopic (exact) mass is 560 g/mol. The largest absolute Gasteiger partial charge is 0.469 e. The number of rotatable bonds is 15. The standard InChI is InChI=1S/C33H52O7/c1-4-5-8-15-25(2)29(39-32-18-11-13-22-37-32)21-20-27-26(16-9-6-7-10-17-31(35)36-3)28(34)24-30(27)40-33-19-12-14-23-38-33/h6,9,20-21,25-30,32-34H,7-8,10-19,22-24H2,1-3H3/t25?,26-,27-,28+,29-,30-,32?,33?/m1/s1. The van der Waals surface area contributed by atoms with E-state index in [9.17, 15) is 9.90 Å². The number of hydrogen-bond donors (Lipinski definition) is 1. The van der Waals surface area contributed by atoms with E-state index in [0.717, 1.165) is 83.8 Å². The van der Waals surface area contributed by atoms with E-state index in [0.29, 0.717) is 12.8 Å². The number of aliphatic hydroxyl groups excluding tert-OH is 1. The first kappa shape index (κ1) is 32.8. The average Bonchev–Trinajstić information content (AvgIpc) is 3.26. The summed E-state index contributed by atoms with van der Waals surface area (Å²) in [5, 5.41) is 11.1. The zero-order valence-corrected chi connectivity index (χ0v) is 24.9. The summed E-state index contributed by atoms with van der Waals surface area (Å²) in [7, 11) is 1.42. The number of allylic oxidation sites excluding steroid dienone is 2. The van der Waals surface area contributed by atoms with E-state index in [-0.39, 0.29) is 48.5 Å². The highest BCUT2D eigenvalue weighted by Gasteiger charge is 2.42. The molecule has 2 saturated heterocycles. The van der Waals surface area contributed by atoms with E-state index in [4.69, 9.17) is 23.7 Å². The molecule has 2 aliphatic heterocycles. The van der Waals surface area contributed by atoms with Crippen molar-refractivity contribution in [3.63, 3.8) is 0 Å². The molecule has 1 saturated carbocycles. The minimum Gasteiger partial charge on any atom is -0.469 e. The molecule has 40 heavy (non-hydrogen) atoms. The smallest absolute Gasteiger partial charge is 0.305 e. The van der Waals surface area contributed by atoms with Crippen LogP contribution in [0.2, 0.25) is 0 Å². The highest BCUT2D eigenvalue weighted by Crippen LogP contribution is 2.40. The zero-order valence-electron chi connectivity index (χ0n) is 24.9. The average molecular weight is 561 g/mol. The van der Waals surface area contributed by atoms with E-state index < -0.39 is 6.10 Å². The van der Waals surface area contributed by atoms with Gasteiger partial charge in [0, 0.05) is 38.4 Å². The maximum atomic E-state index is 11.4. The van der Waals surface area contributed by atoms with Crippen molar-refractivity contribution >= 4 is 5.97 Å². The number of esters is 1. The molecule has 0 radical (unpaired) electrons. The van der Waals surface area contributed by atoms with Crippen molar-refractivity contribution in [1.82, 2.24) is 0 Å². The predicted octanol–water partition coefficient (Wildman–Crippen LogP) is 6.09. The van der Waals surface area contributed by atoms with Gasteiger partial charge in [-0.1, -0.05) is 31.2 Å². The van der Waals surface area contributed by atoms with Crippen LogP contribution >= 0.6 is 0 Å². The third kappa shape index (κ3) is 11.3. The summed E-state index contributed by atoms with van der Waals surface area (Å²) in [6.07, 6.45) is 18.9. The lowest BCUT2D eigenvalue weighted by atomic mass is 9.88. The fraction of sp³-hybridized carbons (Fsp3) is 0.788. The summed E-state index contributed by atoms with van der Waals surface area (Å²) in [5.74, 6) is 6.36. The SMILES string of the molecule is CC#CCCC(C)[C@@H](C=C[C@@H]1[C@@H](CC=CCCCC(=O)OC)[C@@H](O)C[C@H]1OC1CCCCO1)OC1CCCCO1. The van der Waals surface area contributed by atoms with Crippen LogP contribution in [-0.2, 0) is 28.5 Å². The molecule has 1 aliphatic carbocycles. The molecule has 3 aliphatic rings. The fourth-order valence-electron chi connectivity index (χ4n) is 5.87. The summed E-state index contributed by atoms with van der Waals surface area (Å²) in [5.41, 5.74) is 0. The molecule has 2 heterocycles. The first-order chi connectivity index (χ1) is 19.5. The van der Waals surface area contributed by atoms with Crippen molar-refractivity contribution in [3.8, 4) is 11.8 Å². The lowest BCUT2D eigenvalue weighted by Crippen LogP contribution is -2.32. The minimum atomic E-state index is -0.457. The van der Waals surface area contributed by atoms with Crippen LogP contribution in [0.1, 0.15) is 97.3 Å². The fourth-order valence-corrected chi connectivity index (χ4v) is 5.87. The summed E-state index contributed by atoms with van der Waals surface area (Å²) in [4.78, 5) is 11.4. The van der Waals surface area contributed by atoms with Gasteiger partial charge in [-0.3, -0.25) is 4.79 Å². The van der Waals surface area contributed by atoms with Gasteiger partial charge in [-0.05, 0) is 83.0 Å². The molecule has 3 fully saturated rings. The highest BCUT2D eigenvalue weighted by atomic mass is 16.7. The van der Waals surface area contributed by atoms with E-state index in [1.54, 1.807) is 0 Å². The molecular formula is C33H52O7. The molecule has 0 bridgehead atoms. The third-order valence-corrected chi connectivity index (χ3v) is 8.34. The summed E-state index contributed by atoms with van der Waals surface area (Å²) < 4.78 is 29.5. The molecule has 226 valence electrons. The molecule has 7 heteroatoms. The molecule has 3 rings (SSSR count). The van der Waals surface area contributed by atoms with Crippen molar-refractivity contribution in [1.29, 1.82) is 0 Å². The highest BCUT2D eigenvalue weighted by molar-refractivity contribution is 5.69. The first-order valence-corrected chi connectivity index (χ1v) is 15.5. The Morgan fingerprint density at radius 1 is 1.10 bits per heavy atom. The van der Waals surface area contributed by atoms with Gasteiger partial charge in [-0.15, -0.1) is 11.8 Å².